The number of nitrogens with zero attached hydrogens (tertiary/aromatic N) is 1. The third-order valence-electron chi connectivity index (χ3n) is 4.76. The molecular formula is C14H23NO4. The van der Waals surface area contributed by atoms with Crippen molar-refractivity contribution in [3.8, 4) is 0 Å². The van der Waals surface area contributed by atoms with Crippen molar-refractivity contribution in [2.75, 3.05) is 6.54 Å². The Morgan fingerprint density at radius 3 is 2.26 bits per heavy atom. The fourth-order valence-electron chi connectivity index (χ4n) is 3.45. The Hall–Kier alpha value is -1.10. The van der Waals surface area contributed by atoms with Crippen molar-refractivity contribution >= 4 is 11.9 Å². The van der Waals surface area contributed by atoms with E-state index in [4.69, 9.17) is 4.74 Å². The van der Waals surface area contributed by atoms with E-state index >= 15 is 0 Å². The highest BCUT2D eigenvalue weighted by atomic mass is 16.5. The molecule has 0 spiro atoms. The molecule has 0 aromatic carbocycles. The van der Waals surface area contributed by atoms with Crippen LogP contribution in [-0.2, 0) is 14.3 Å². The zero-order chi connectivity index (χ0) is 14.3. The molecule has 1 N–H and O–H groups in total. The van der Waals surface area contributed by atoms with E-state index in [0.29, 0.717) is 6.54 Å². The van der Waals surface area contributed by atoms with Crippen LogP contribution in [0.3, 0.4) is 0 Å². The maximum atomic E-state index is 12.7. The molecule has 2 heterocycles. The fraction of sp³-hybridized carbons (Fsp3) is 0.857. The van der Waals surface area contributed by atoms with E-state index in [0.717, 1.165) is 6.42 Å². The average Bonchev–Trinajstić information content (AvgIpc) is 2.80. The number of rotatable bonds is 2. The van der Waals surface area contributed by atoms with Gasteiger partial charge in [0, 0.05) is 6.54 Å². The molecule has 2 aliphatic rings. The summed E-state index contributed by atoms with van der Waals surface area (Å²) in [5.41, 5.74) is 0. The van der Waals surface area contributed by atoms with Gasteiger partial charge < -0.3 is 14.7 Å². The minimum Gasteiger partial charge on any atom is -0.480 e. The summed E-state index contributed by atoms with van der Waals surface area (Å²) in [5, 5.41) is 9.30. The third kappa shape index (κ3) is 2.36. The van der Waals surface area contributed by atoms with Crippen molar-refractivity contribution < 1.29 is 19.4 Å². The lowest BCUT2D eigenvalue weighted by molar-refractivity contribution is -0.152. The number of amides is 1. The molecular weight excluding hydrogens is 246 g/mol. The van der Waals surface area contributed by atoms with Crippen molar-refractivity contribution in [1.82, 2.24) is 4.90 Å². The minimum absolute atomic E-state index is 0.0202. The average molecular weight is 269 g/mol. The molecule has 6 atom stereocenters. The Balaban J connectivity index is 2.18. The van der Waals surface area contributed by atoms with E-state index in [2.05, 4.69) is 0 Å². The smallest absolute Gasteiger partial charge is 0.326 e. The quantitative estimate of drug-likeness (QED) is 0.822. The van der Waals surface area contributed by atoms with Crippen LogP contribution in [0.5, 0.6) is 0 Å². The molecule has 5 heteroatoms. The van der Waals surface area contributed by atoms with Gasteiger partial charge in [-0.15, -0.1) is 0 Å². The molecule has 2 fully saturated rings. The Morgan fingerprint density at radius 2 is 1.79 bits per heavy atom. The minimum atomic E-state index is -0.898. The molecule has 2 rings (SSSR count). The van der Waals surface area contributed by atoms with Crippen molar-refractivity contribution in [3.05, 3.63) is 0 Å². The van der Waals surface area contributed by atoms with Gasteiger partial charge in [0.2, 0.25) is 5.91 Å². The number of aliphatic carboxylic acids is 1. The van der Waals surface area contributed by atoms with Gasteiger partial charge in [-0.25, -0.2) is 4.79 Å². The molecule has 5 nitrogen and oxygen atoms in total. The van der Waals surface area contributed by atoms with Crippen LogP contribution in [-0.4, -0.2) is 46.7 Å². The van der Waals surface area contributed by atoms with Crippen molar-refractivity contribution in [2.24, 2.45) is 17.8 Å². The summed E-state index contributed by atoms with van der Waals surface area (Å²) < 4.78 is 5.69. The summed E-state index contributed by atoms with van der Waals surface area (Å²) in [6, 6.07) is -0.678. The number of hydrogen-bond acceptors (Lipinski definition) is 3. The van der Waals surface area contributed by atoms with Crippen LogP contribution in [0, 0.1) is 17.8 Å². The fourth-order valence-corrected chi connectivity index (χ4v) is 3.45. The number of carboxylic acids is 1. The largest absolute Gasteiger partial charge is 0.480 e. The van der Waals surface area contributed by atoms with E-state index in [1.54, 1.807) is 4.90 Å². The topological polar surface area (TPSA) is 66.8 Å². The van der Waals surface area contributed by atoms with Crippen LogP contribution in [0.1, 0.15) is 34.1 Å². The van der Waals surface area contributed by atoms with Gasteiger partial charge in [0.15, 0.2) is 0 Å². The van der Waals surface area contributed by atoms with Crippen LogP contribution >= 0.6 is 0 Å². The monoisotopic (exact) mass is 269 g/mol. The maximum Gasteiger partial charge on any atom is 0.326 e. The Kier molecular flexibility index (Phi) is 3.85. The second kappa shape index (κ2) is 5.12. The highest BCUT2D eigenvalue weighted by Crippen LogP contribution is 2.36. The second-order valence-corrected chi connectivity index (χ2v) is 6.01. The van der Waals surface area contributed by atoms with Crippen molar-refractivity contribution in [2.45, 2.75) is 52.4 Å². The zero-order valence-electron chi connectivity index (χ0n) is 12.0. The number of likely N-dealkylation sites (tertiary alicyclic amines) is 1. The van der Waals surface area contributed by atoms with Crippen LogP contribution in [0.15, 0.2) is 0 Å². The first kappa shape index (κ1) is 14.3. The predicted octanol–water partition coefficient (Wildman–Crippen LogP) is 1.37. The molecule has 0 aliphatic carbocycles. The lowest BCUT2D eigenvalue weighted by Crippen LogP contribution is -2.47. The normalized spacial score (nSPS) is 42.6. The molecule has 0 aromatic rings. The number of carboxylic acid groups (broad SMARTS) is 1. The first-order valence-electron chi connectivity index (χ1n) is 7.03. The highest BCUT2D eigenvalue weighted by Gasteiger charge is 2.48. The predicted molar refractivity (Wildman–Crippen MR) is 69.6 cm³/mol. The van der Waals surface area contributed by atoms with E-state index in [1.165, 1.54) is 0 Å². The van der Waals surface area contributed by atoms with Gasteiger partial charge in [-0.2, -0.15) is 0 Å². The first-order valence-corrected chi connectivity index (χ1v) is 7.03. The van der Waals surface area contributed by atoms with Crippen LogP contribution in [0.2, 0.25) is 0 Å². The van der Waals surface area contributed by atoms with Crippen LogP contribution < -0.4 is 0 Å². The van der Waals surface area contributed by atoms with Crippen molar-refractivity contribution in [3.63, 3.8) is 0 Å². The molecule has 2 aliphatic heterocycles. The number of carbonyl (C=O) groups excluding carboxylic acids is 1. The van der Waals surface area contributed by atoms with E-state index < -0.39 is 12.0 Å². The van der Waals surface area contributed by atoms with Gasteiger partial charge in [-0.3, -0.25) is 4.79 Å². The molecule has 0 aromatic heterocycles. The zero-order valence-corrected chi connectivity index (χ0v) is 12.0. The maximum absolute atomic E-state index is 12.7. The molecule has 19 heavy (non-hydrogen) atoms. The lowest BCUT2D eigenvalue weighted by atomic mass is 9.88. The van der Waals surface area contributed by atoms with Crippen LogP contribution in [0.25, 0.3) is 0 Å². The molecule has 108 valence electrons. The summed E-state index contributed by atoms with van der Waals surface area (Å²) in [4.78, 5) is 25.5. The van der Waals surface area contributed by atoms with E-state index in [9.17, 15) is 14.7 Å². The van der Waals surface area contributed by atoms with Gasteiger partial charge in [0.25, 0.3) is 0 Å². The van der Waals surface area contributed by atoms with Gasteiger partial charge >= 0.3 is 5.97 Å². The number of hydrogen-bond donors (Lipinski definition) is 1. The number of ether oxygens (including phenoxy) is 1. The summed E-state index contributed by atoms with van der Waals surface area (Å²) in [6.07, 6.45) is 0.671. The van der Waals surface area contributed by atoms with Gasteiger partial charge in [-0.1, -0.05) is 13.8 Å². The number of carbonyl (C=O) groups is 2. The Morgan fingerprint density at radius 1 is 1.16 bits per heavy atom. The molecule has 1 amide bonds. The SMILES string of the molecule is CC1CCN(C(=O)C2C(C)OC(C)C2C)C1C(=O)O. The summed E-state index contributed by atoms with van der Waals surface area (Å²) >= 11 is 0. The van der Waals surface area contributed by atoms with Gasteiger partial charge in [-0.05, 0) is 32.1 Å². The summed E-state index contributed by atoms with van der Waals surface area (Å²) in [6.45, 7) is 8.31. The van der Waals surface area contributed by atoms with Gasteiger partial charge in [0.1, 0.15) is 6.04 Å². The third-order valence-corrected chi connectivity index (χ3v) is 4.76. The Labute approximate surface area is 113 Å². The second-order valence-electron chi connectivity index (χ2n) is 6.01. The van der Waals surface area contributed by atoms with Crippen LogP contribution in [0.4, 0.5) is 0 Å². The van der Waals surface area contributed by atoms with Crippen molar-refractivity contribution in [1.29, 1.82) is 0 Å². The highest BCUT2D eigenvalue weighted by molar-refractivity contribution is 5.86. The van der Waals surface area contributed by atoms with Gasteiger partial charge in [0.05, 0.1) is 18.1 Å². The molecule has 2 saturated heterocycles. The summed E-state index contributed by atoms with van der Waals surface area (Å²) in [7, 11) is 0. The Bertz CT molecular complexity index is 384. The lowest BCUT2D eigenvalue weighted by Gasteiger charge is -2.28. The summed E-state index contributed by atoms with van der Waals surface area (Å²) in [5.74, 6) is -1.02. The first-order chi connectivity index (χ1) is 8.84. The van der Waals surface area contributed by atoms with E-state index in [1.807, 2.05) is 27.7 Å². The van der Waals surface area contributed by atoms with E-state index in [-0.39, 0.29) is 35.9 Å². The molecule has 0 bridgehead atoms. The standard InChI is InChI=1S/C14H23NO4/c1-7-5-6-15(12(7)14(17)18)13(16)11-8(2)9(3)19-10(11)4/h7-12H,5-6H2,1-4H3,(H,17,18). The molecule has 0 saturated carbocycles. The molecule has 0 radical (unpaired) electrons. The molecule has 6 unspecified atom stereocenters.